The Morgan fingerprint density at radius 2 is 1.83 bits per heavy atom. The smallest absolute Gasteiger partial charge is 0.117 e. The number of hydrogen-bond donors (Lipinski definition) is 0. The number of nitrogens with zero attached hydrogens (tertiary/aromatic N) is 1. The topological polar surface area (TPSA) is 25.5 Å². The monoisotopic (exact) mass is 331 g/mol. The van der Waals surface area contributed by atoms with Crippen molar-refractivity contribution in [3.8, 4) is 0 Å². The van der Waals surface area contributed by atoms with Crippen molar-refractivity contribution in [3.05, 3.63) is 83.8 Å². The van der Waals surface area contributed by atoms with Gasteiger partial charge in [0.1, 0.15) is 5.76 Å². The Bertz CT molecular complexity index is 913. The second-order valence-electron chi connectivity index (χ2n) is 6.32. The Hall–Kier alpha value is -2.26. The number of rotatable bonds is 1. The summed E-state index contributed by atoms with van der Waals surface area (Å²) in [5.74, 6) is 1.43. The van der Waals surface area contributed by atoms with Crippen LogP contribution in [0.4, 0.5) is 5.69 Å². The molecule has 3 aromatic rings. The first-order valence-corrected chi connectivity index (χ1v) is 9.24. The van der Waals surface area contributed by atoms with Gasteiger partial charge in [-0.05, 0) is 48.2 Å². The third kappa shape index (κ3) is 2.23. The van der Waals surface area contributed by atoms with E-state index in [1.54, 1.807) is 6.26 Å². The highest BCUT2D eigenvalue weighted by molar-refractivity contribution is 7.99. The highest BCUT2D eigenvalue weighted by Gasteiger charge is 2.37. The number of aryl methyl sites for hydroxylation is 1. The van der Waals surface area contributed by atoms with Crippen molar-refractivity contribution in [2.45, 2.75) is 23.0 Å². The van der Waals surface area contributed by atoms with E-state index in [2.05, 4.69) is 54.6 Å². The molecule has 0 saturated carbocycles. The van der Waals surface area contributed by atoms with E-state index in [9.17, 15) is 0 Å². The largest absolute Gasteiger partial charge is 0.468 e. The maximum Gasteiger partial charge on any atom is 0.117 e. The predicted octanol–water partition coefficient (Wildman–Crippen LogP) is 5.81. The molecule has 2 aromatic carbocycles. The number of benzene rings is 2. The Morgan fingerprint density at radius 1 is 0.958 bits per heavy atom. The van der Waals surface area contributed by atoms with Crippen molar-refractivity contribution < 1.29 is 4.42 Å². The van der Waals surface area contributed by atoms with Crippen molar-refractivity contribution in [3.63, 3.8) is 0 Å². The fourth-order valence-corrected chi connectivity index (χ4v) is 5.13. The van der Waals surface area contributed by atoms with E-state index < -0.39 is 0 Å². The summed E-state index contributed by atoms with van der Waals surface area (Å²) in [7, 11) is 0. The molecule has 2 heterocycles. The van der Waals surface area contributed by atoms with Gasteiger partial charge in [0.15, 0.2) is 0 Å². The van der Waals surface area contributed by atoms with E-state index >= 15 is 0 Å². The molecule has 0 spiro atoms. The normalized spacial score (nSPS) is 21.9. The molecule has 3 heteroatoms. The average molecular weight is 331 g/mol. The van der Waals surface area contributed by atoms with E-state index in [-0.39, 0.29) is 5.25 Å². The van der Waals surface area contributed by atoms with E-state index in [1.807, 2.05) is 17.8 Å². The molecular weight excluding hydrogens is 314 g/mol. The Balaban J connectivity index is 1.73. The van der Waals surface area contributed by atoms with Crippen LogP contribution in [0.15, 0.2) is 81.2 Å². The van der Waals surface area contributed by atoms with Crippen molar-refractivity contribution in [2.24, 2.45) is 10.9 Å². The first kappa shape index (κ1) is 14.1. The summed E-state index contributed by atoms with van der Waals surface area (Å²) >= 11 is 1.89. The van der Waals surface area contributed by atoms with E-state index in [0.29, 0.717) is 5.92 Å². The van der Waals surface area contributed by atoms with Gasteiger partial charge in [0, 0.05) is 10.8 Å². The fourth-order valence-electron chi connectivity index (χ4n) is 3.78. The molecular formula is C21H17NOS. The summed E-state index contributed by atoms with van der Waals surface area (Å²) in [6.07, 6.45) is 4.00. The van der Waals surface area contributed by atoms with Gasteiger partial charge in [-0.15, -0.1) is 11.8 Å². The molecule has 2 atom stereocenters. The van der Waals surface area contributed by atoms with Gasteiger partial charge in [0.05, 0.1) is 22.9 Å². The zero-order chi connectivity index (χ0) is 15.9. The van der Waals surface area contributed by atoms with E-state index in [0.717, 1.165) is 24.3 Å². The van der Waals surface area contributed by atoms with Crippen LogP contribution in [0, 0.1) is 5.92 Å². The summed E-state index contributed by atoms with van der Waals surface area (Å²) in [4.78, 5) is 6.35. The summed E-state index contributed by atoms with van der Waals surface area (Å²) in [6, 6.07) is 21.2. The van der Waals surface area contributed by atoms with Crippen LogP contribution < -0.4 is 0 Å². The highest BCUT2D eigenvalue weighted by Crippen LogP contribution is 2.51. The van der Waals surface area contributed by atoms with Crippen LogP contribution in [0.5, 0.6) is 0 Å². The summed E-state index contributed by atoms with van der Waals surface area (Å²) < 4.78 is 5.80. The number of aliphatic imine (C=N–C) groups is 1. The third-order valence-electron chi connectivity index (χ3n) is 4.92. The molecule has 1 aromatic heterocycles. The maximum atomic E-state index is 5.80. The standard InChI is InChI=1S/C21H17NOS/c1-2-7-15-14(6-1)11-12-16-20(15)22-17-8-3-4-10-19(17)24-21(16)18-9-5-13-23-18/h1-10,13,16,21H,11-12H2/t16-,21+/m0/s1. The molecule has 0 saturated heterocycles. The molecule has 0 amide bonds. The van der Waals surface area contributed by atoms with Gasteiger partial charge in [-0.2, -0.15) is 0 Å². The molecule has 2 aliphatic rings. The lowest BCUT2D eigenvalue weighted by molar-refractivity contribution is 0.465. The first-order chi connectivity index (χ1) is 11.9. The maximum absolute atomic E-state index is 5.80. The van der Waals surface area contributed by atoms with Gasteiger partial charge in [0.2, 0.25) is 0 Å². The highest BCUT2D eigenvalue weighted by atomic mass is 32.2. The van der Waals surface area contributed by atoms with Gasteiger partial charge in [-0.3, -0.25) is 4.99 Å². The molecule has 1 aliphatic heterocycles. The summed E-state index contributed by atoms with van der Waals surface area (Å²) in [5, 5.41) is 0.274. The van der Waals surface area contributed by atoms with Gasteiger partial charge in [0.25, 0.3) is 0 Å². The van der Waals surface area contributed by atoms with Crippen LogP contribution in [-0.2, 0) is 6.42 Å². The SMILES string of the molecule is c1coc([C@@H]2Sc3ccccc3N=C3c4ccccc4CC[C@@H]32)c1. The quantitative estimate of drug-likeness (QED) is 0.562. The molecule has 0 fully saturated rings. The molecule has 0 N–H and O–H groups in total. The number of para-hydroxylation sites is 1. The van der Waals surface area contributed by atoms with Gasteiger partial charge >= 0.3 is 0 Å². The second-order valence-corrected chi connectivity index (χ2v) is 7.50. The minimum atomic E-state index is 0.274. The minimum Gasteiger partial charge on any atom is -0.468 e. The number of furan rings is 1. The zero-order valence-corrected chi connectivity index (χ0v) is 14.0. The Labute approximate surface area is 145 Å². The lowest BCUT2D eigenvalue weighted by Crippen LogP contribution is -2.26. The van der Waals surface area contributed by atoms with Gasteiger partial charge in [-0.1, -0.05) is 36.4 Å². The first-order valence-electron chi connectivity index (χ1n) is 8.36. The molecule has 5 rings (SSSR count). The van der Waals surface area contributed by atoms with Crippen molar-refractivity contribution in [1.82, 2.24) is 0 Å². The van der Waals surface area contributed by atoms with Crippen LogP contribution in [0.1, 0.15) is 28.6 Å². The lowest BCUT2D eigenvalue weighted by Gasteiger charge is -2.30. The molecule has 0 unspecified atom stereocenters. The van der Waals surface area contributed by atoms with Crippen molar-refractivity contribution in [1.29, 1.82) is 0 Å². The second kappa shape index (κ2) is 5.67. The van der Waals surface area contributed by atoms with Crippen molar-refractivity contribution >= 4 is 23.2 Å². The Morgan fingerprint density at radius 3 is 2.75 bits per heavy atom. The van der Waals surface area contributed by atoms with Crippen LogP contribution in [0.25, 0.3) is 0 Å². The fraction of sp³-hybridized carbons (Fsp3) is 0.190. The van der Waals surface area contributed by atoms with Crippen LogP contribution in [-0.4, -0.2) is 5.71 Å². The van der Waals surface area contributed by atoms with Gasteiger partial charge < -0.3 is 4.42 Å². The number of hydrogen-bond acceptors (Lipinski definition) is 3. The van der Waals surface area contributed by atoms with Crippen molar-refractivity contribution in [2.75, 3.05) is 0 Å². The minimum absolute atomic E-state index is 0.274. The molecule has 118 valence electrons. The molecule has 2 nitrogen and oxygen atoms in total. The molecule has 1 aliphatic carbocycles. The predicted molar refractivity (Wildman–Crippen MR) is 98.2 cm³/mol. The third-order valence-corrected chi connectivity index (χ3v) is 6.33. The Kier molecular flexibility index (Phi) is 3.34. The molecule has 24 heavy (non-hydrogen) atoms. The van der Waals surface area contributed by atoms with E-state index in [4.69, 9.17) is 9.41 Å². The molecule has 0 radical (unpaired) electrons. The van der Waals surface area contributed by atoms with Crippen LogP contribution >= 0.6 is 11.8 Å². The zero-order valence-electron chi connectivity index (χ0n) is 13.2. The average Bonchev–Trinajstić information content (AvgIpc) is 3.10. The number of fused-ring (bicyclic) bond motifs is 4. The number of thioether (sulfide) groups is 1. The lowest BCUT2D eigenvalue weighted by atomic mass is 9.79. The van der Waals surface area contributed by atoms with Crippen LogP contribution in [0.3, 0.4) is 0 Å². The summed E-state index contributed by atoms with van der Waals surface area (Å²) in [6.45, 7) is 0. The summed E-state index contributed by atoms with van der Waals surface area (Å²) in [5.41, 5.74) is 5.02. The van der Waals surface area contributed by atoms with Crippen LogP contribution in [0.2, 0.25) is 0 Å². The van der Waals surface area contributed by atoms with E-state index in [1.165, 1.54) is 21.7 Å². The van der Waals surface area contributed by atoms with Gasteiger partial charge in [-0.25, -0.2) is 0 Å². The molecule has 0 bridgehead atoms.